The quantitative estimate of drug-likeness (QED) is 0.648. The van der Waals surface area contributed by atoms with Crippen LogP contribution in [0.5, 0.6) is 0 Å². The first-order valence-corrected chi connectivity index (χ1v) is 8.09. The maximum atomic E-state index is 12.0. The molecule has 0 atom stereocenters. The average Bonchev–Trinajstić information content (AvgIpc) is 2.45. The van der Waals surface area contributed by atoms with E-state index < -0.39 is 0 Å². The number of likely N-dealkylation sites (tertiary alicyclic amines) is 1. The van der Waals surface area contributed by atoms with E-state index in [0.29, 0.717) is 31.1 Å². The summed E-state index contributed by atoms with van der Waals surface area (Å²) in [7, 11) is 0. The Hall–Kier alpha value is -1.63. The van der Waals surface area contributed by atoms with E-state index in [9.17, 15) is 14.4 Å². The average molecular weight is 309 g/mol. The summed E-state index contributed by atoms with van der Waals surface area (Å²) in [4.78, 5) is 43.4. The van der Waals surface area contributed by atoms with Gasteiger partial charge in [0, 0.05) is 37.7 Å². The number of hydrogen-bond donors (Lipinski definition) is 1. The number of thioether (sulfide) groups is 1. The largest absolute Gasteiger partial charge is 0.341 e. The number of aryl methyl sites for hydroxylation is 1. The number of piperidine rings is 1. The lowest BCUT2D eigenvalue weighted by molar-refractivity contribution is -0.132. The van der Waals surface area contributed by atoms with Crippen LogP contribution in [-0.2, 0) is 16.0 Å². The van der Waals surface area contributed by atoms with Crippen LogP contribution >= 0.6 is 11.8 Å². The standard InChI is InChI=1S/C14H19N3O3S/c1-2-3-10-8-12(19)16-14(15-10)21-9-13(20)17-6-4-11(18)5-7-17/h8H,2-7,9H2,1H3,(H,15,16,19). The van der Waals surface area contributed by atoms with Crippen molar-refractivity contribution in [1.29, 1.82) is 0 Å². The van der Waals surface area contributed by atoms with Gasteiger partial charge in [0.05, 0.1) is 5.75 Å². The smallest absolute Gasteiger partial charge is 0.251 e. The number of hydrogen-bond acceptors (Lipinski definition) is 5. The van der Waals surface area contributed by atoms with Gasteiger partial charge in [-0.15, -0.1) is 0 Å². The van der Waals surface area contributed by atoms with Crippen molar-refractivity contribution in [3.8, 4) is 0 Å². The molecule has 21 heavy (non-hydrogen) atoms. The molecule has 0 spiro atoms. The van der Waals surface area contributed by atoms with Crippen molar-refractivity contribution in [2.45, 2.75) is 37.8 Å². The van der Waals surface area contributed by atoms with Gasteiger partial charge < -0.3 is 9.88 Å². The van der Waals surface area contributed by atoms with Crippen molar-refractivity contribution in [3.63, 3.8) is 0 Å². The van der Waals surface area contributed by atoms with Gasteiger partial charge in [-0.1, -0.05) is 25.1 Å². The number of amides is 1. The number of carbonyl (C=O) groups is 2. The van der Waals surface area contributed by atoms with Gasteiger partial charge in [-0.05, 0) is 6.42 Å². The molecule has 0 aromatic carbocycles. The number of aromatic nitrogens is 2. The third-order valence-corrected chi connectivity index (χ3v) is 4.14. The zero-order valence-corrected chi connectivity index (χ0v) is 12.9. The minimum absolute atomic E-state index is 0.0176. The summed E-state index contributed by atoms with van der Waals surface area (Å²) in [5.74, 6) is 0.424. The first-order valence-electron chi connectivity index (χ1n) is 7.11. The lowest BCUT2D eigenvalue weighted by Gasteiger charge is -2.25. The van der Waals surface area contributed by atoms with E-state index >= 15 is 0 Å². The second kappa shape index (κ2) is 7.40. The minimum Gasteiger partial charge on any atom is -0.341 e. The second-order valence-corrected chi connectivity index (χ2v) is 5.96. The van der Waals surface area contributed by atoms with Gasteiger partial charge in [0.2, 0.25) is 5.91 Å². The lowest BCUT2D eigenvalue weighted by Crippen LogP contribution is -2.39. The fourth-order valence-electron chi connectivity index (χ4n) is 2.16. The lowest BCUT2D eigenvalue weighted by atomic mass is 10.1. The minimum atomic E-state index is -0.188. The van der Waals surface area contributed by atoms with Crippen molar-refractivity contribution < 1.29 is 9.59 Å². The number of nitrogens with zero attached hydrogens (tertiary/aromatic N) is 2. The molecule has 1 amide bonds. The molecule has 1 aliphatic rings. The molecule has 0 bridgehead atoms. The van der Waals surface area contributed by atoms with Crippen molar-refractivity contribution >= 4 is 23.5 Å². The van der Waals surface area contributed by atoms with Crippen molar-refractivity contribution in [3.05, 3.63) is 22.1 Å². The van der Waals surface area contributed by atoms with Crippen molar-refractivity contribution in [1.82, 2.24) is 14.9 Å². The highest BCUT2D eigenvalue weighted by Gasteiger charge is 2.20. The molecule has 1 aromatic rings. The third kappa shape index (κ3) is 4.70. The van der Waals surface area contributed by atoms with Crippen LogP contribution in [0.1, 0.15) is 31.9 Å². The van der Waals surface area contributed by atoms with E-state index in [4.69, 9.17) is 0 Å². The Kier molecular flexibility index (Phi) is 5.55. The Morgan fingerprint density at radius 3 is 2.76 bits per heavy atom. The molecule has 1 fully saturated rings. The SMILES string of the molecule is CCCc1cc(=O)[nH]c(SCC(=O)N2CCC(=O)CC2)n1. The third-order valence-electron chi connectivity index (χ3n) is 3.29. The van der Waals surface area contributed by atoms with Gasteiger partial charge in [-0.2, -0.15) is 0 Å². The maximum absolute atomic E-state index is 12.0. The fourth-order valence-corrected chi connectivity index (χ4v) is 2.96. The van der Waals surface area contributed by atoms with Gasteiger partial charge in [0.1, 0.15) is 5.78 Å². The molecular formula is C14H19N3O3S. The normalized spacial score (nSPS) is 15.3. The van der Waals surface area contributed by atoms with Crippen LogP contribution in [0.4, 0.5) is 0 Å². The molecule has 2 rings (SSSR count). The monoisotopic (exact) mass is 309 g/mol. The Morgan fingerprint density at radius 2 is 2.10 bits per heavy atom. The number of ketones is 1. The number of Topliss-reactive ketones (excluding diaryl/α,β-unsaturated/α-hetero) is 1. The van der Waals surface area contributed by atoms with Crippen LogP contribution < -0.4 is 5.56 Å². The highest BCUT2D eigenvalue weighted by atomic mass is 32.2. The van der Waals surface area contributed by atoms with Crippen molar-refractivity contribution in [2.24, 2.45) is 0 Å². The Labute approximate surface area is 127 Å². The topological polar surface area (TPSA) is 83.1 Å². The van der Waals surface area contributed by atoms with Crippen LogP contribution in [0.25, 0.3) is 0 Å². The molecule has 2 heterocycles. The zero-order chi connectivity index (χ0) is 15.2. The van der Waals surface area contributed by atoms with E-state index in [-0.39, 0.29) is 23.0 Å². The fraction of sp³-hybridized carbons (Fsp3) is 0.571. The highest BCUT2D eigenvalue weighted by molar-refractivity contribution is 7.99. The highest BCUT2D eigenvalue weighted by Crippen LogP contribution is 2.14. The first-order chi connectivity index (χ1) is 10.1. The molecule has 1 aliphatic heterocycles. The summed E-state index contributed by atoms with van der Waals surface area (Å²) in [6.45, 7) is 3.02. The van der Waals surface area contributed by atoms with Crippen LogP contribution in [0.15, 0.2) is 16.0 Å². The zero-order valence-electron chi connectivity index (χ0n) is 12.1. The molecule has 0 aliphatic carbocycles. The molecule has 1 saturated heterocycles. The Balaban J connectivity index is 1.91. The maximum Gasteiger partial charge on any atom is 0.251 e. The number of nitrogens with one attached hydrogen (secondary N) is 1. The van der Waals surface area contributed by atoms with Gasteiger partial charge in [0.15, 0.2) is 5.16 Å². The van der Waals surface area contributed by atoms with E-state index in [1.165, 1.54) is 17.8 Å². The molecular weight excluding hydrogens is 290 g/mol. The Morgan fingerprint density at radius 1 is 1.38 bits per heavy atom. The van der Waals surface area contributed by atoms with Crippen LogP contribution in [0, 0.1) is 0 Å². The van der Waals surface area contributed by atoms with Gasteiger partial charge in [-0.3, -0.25) is 14.4 Å². The van der Waals surface area contributed by atoms with E-state index in [2.05, 4.69) is 9.97 Å². The van der Waals surface area contributed by atoms with Crippen LogP contribution in [-0.4, -0.2) is 45.4 Å². The molecule has 114 valence electrons. The molecule has 1 aromatic heterocycles. The number of carbonyl (C=O) groups excluding carboxylic acids is 2. The Bertz CT molecular complexity index is 575. The molecule has 0 radical (unpaired) electrons. The van der Waals surface area contributed by atoms with E-state index in [1.54, 1.807) is 4.90 Å². The number of aromatic amines is 1. The predicted octanol–water partition coefficient (Wildman–Crippen LogP) is 1.01. The predicted molar refractivity (Wildman–Crippen MR) is 80.4 cm³/mol. The van der Waals surface area contributed by atoms with Crippen molar-refractivity contribution in [2.75, 3.05) is 18.8 Å². The molecule has 6 nitrogen and oxygen atoms in total. The summed E-state index contributed by atoms with van der Waals surface area (Å²) >= 11 is 1.23. The van der Waals surface area contributed by atoms with Crippen LogP contribution in [0.2, 0.25) is 0 Å². The van der Waals surface area contributed by atoms with E-state index in [0.717, 1.165) is 18.5 Å². The molecule has 7 heteroatoms. The van der Waals surface area contributed by atoms with Gasteiger partial charge >= 0.3 is 0 Å². The van der Waals surface area contributed by atoms with Crippen LogP contribution in [0.3, 0.4) is 0 Å². The summed E-state index contributed by atoms with van der Waals surface area (Å²) in [5, 5.41) is 0.479. The molecule has 0 unspecified atom stereocenters. The first kappa shape index (κ1) is 15.8. The molecule has 1 N–H and O–H groups in total. The second-order valence-electron chi connectivity index (χ2n) is 5.00. The summed E-state index contributed by atoms with van der Waals surface area (Å²) in [5.41, 5.74) is 0.562. The summed E-state index contributed by atoms with van der Waals surface area (Å²) in [6.07, 6.45) is 2.55. The van der Waals surface area contributed by atoms with E-state index in [1.807, 2.05) is 6.92 Å². The van der Waals surface area contributed by atoms with Gasteiger partial charge in [-0.25, -0.2) is 4.98 Å². The summed E-state index contributed by atoms with van der Waals surface area (Å²) < 4.78 is 0. The number of H-pyrrole nitrogens is 1. The van der Waals surface area contributed by atoms with Gasteiger partial charge in [0.25, 0.3) is 5.56 Å². The molecule has 0 saturated carbocycles. The number of rotatable bonds is 5. The summed E-state index contributed by atoms with van der Waals surface area (Å²) in [6, 6.07) is 1.49.